The molecule has 1 N–H and O–H groups in total. The lowest BCUT2D eigenvalue weighted by Gasteiger charge is -2.20. The minimum absolute atomic E-state index is 0.0279. The van der Waals surface area contributed by atoms with Crippen LogP contribution < -0.4 is 5.32 Å². The monoisotopic (exact) mass is 263 g/mol. The summed E-state index contributed by atoms with van der Waals surface area (Å²) in [7, 11) is 0. The number of carbonyl (C=O) groups excluding carboxylic acids is 1. The topological polar surface area (TPSA) is 64.1 Å². The van der Waals surface area contributed by atoms with Crippen molar-refractivity contribution in [1.29, 1.82) is 0 Å². The maximum absolute atomic E-state index is 13.8. The van der Waals surface area contributed by atoms with Gasteiger partial charge >= 0.3 is 6.09 Å². The molecular formula is C13H14FN3O2. The molecule has 19 heavy (non-hydrogen) atoms. The van der Waals surface area contributed by atoms with Gasteiger partial charge in [0.1, 0.15) is 22.6 Å². The molecular weight excluding hydrogens is 249 g/mol. The highest BCUT2D eigenvalue weighted by molar-refractivity contribution is 5.96. The smallest absolute Gasteiger partial charge is 0.412 e. The van der Waals surface area contributed by atoms with Crippen molar-refractivity contribution >= 4 is 22.8 Å². The maximum atomic E-state index is 13.8. The predicted molar refractivity (Wildman–Crippen MR) is 69.4 cm³/mol. The molecule has 0 fully saturated rings. The molecule has 0 saturated carbocycles. The lowest BCUT2D eigenvalue weighted by Crippen LogP contribution is -2.27. The van der Waals surface area contributed by atoms with Crippen molar-refractivity contribution < 1.29 is 13.9 Å². The molecule has 2 rings (SSSR count). The van der Waals surface area contributed by atoms with Crippen LogP contribution in [-0.2, 0) is 4.74 Å². The third kappa shape index (κ3) is 3.15. The number of nitrogens with one attached hydrogen (secondary N) is 1. The second kappa shape index (κ2) is 4.79. The largest absolute Gasteiger partial charge is 0.444 e. The van der Waals surface area contributed by atoms with Gasteiger partial charge in [-0.25, -0.2) is 9.18 Å². The lowest BCUT2D eigenvalue weighted by atomic mass is 10.2. The van der Waals surface area contributed by atoms with Crippen molar-refractivity contribution in [3.8, 4) is 0 Å². The van der Waals surface area contributed by atoms with Crippen LogP contribution in [0, 0.1) is 5.82 Å². The molecule has 0 aliphatic carbocycles. The first-order chi connectivity index (χ1) is 8.87. The molecule has 100 valence electrons. The molecule has 1 heterocycles. The predicted octanol–water partition coefficient (Wildman–Crippen LogP) is 3.12. The number of hydrogen-bond acceptors (Lipinski definition) is 4. The molecule has 0 radical (unpaired) electrons. The van der Waals surface area contributed by atoms with Gasteiger partial charge in [0.05, 0.1) is 5.52 Å². The molecule has 6 heteroatoms. The second-order valence-corrected chi connectivity index (χ2v) is 4.97. The van der Waals surface area contributed by atoms with E-state index in [-0.39, 0.29) is 11.2 Å². The summed E-state index contributed by atoms with van der Waals surface area (Å²) >= 11 is 0. The van der Waals surface area contributed by atoms with Gasteiger partial charge in [-0.15, -0.1) is 0 Å². The summed E-state index contributed by atoms with van der Waals surface area (Å²) in [6.45, 7) is 5.18. The van der Waals surface area contributed by atoms with Gasteiger partial charge in [-0.1, -0.05) is 0 Å². The summed E-state index contributed by atoms with van der Waals surface area (Å²) < 4.78 is 18.9. The Morgan fingerprint density at radius 2 is 1.95 bits per heavy atom. The molecule has 0 saturated heterocycles. The summed E-state index contributed by atoms with van der Waals surface area (Å²) in [5, 5.41) is 2.37. The second-order valence-electron chi connectivity index (χ2n) is 4.97. The molecule has 0 spiro atoms. The number of amides is 1. The molecule has 1 aromatic carbocycles. The number of ether oxygens (including phenoxy) is 1. The number of aromatic nitrogens is 2. The Balaban J connectivity index is 2.34. The standard InChI is InChI=1S/C13H14FN3O2/c1-13(2,3)19-12(18)17-10-8(14)4-5-9-11(10)16-7-6-15-9/h4-7H,1-3H3,(H,17,18). The Morgan fingerprint density at radius 3 is 2.63 bits per heavy atom. The lowest BCUT2D eigenvalue weighted by molar-refractivity contribution is 0.0635. The summed E-state index contributed by atoms with van der Waals surface area (Å²) in [5.41, 5.74) is 0.0970. The van der Waals surface area contributed by atoms with Crippen LogP contribution in [0.2, 0.25) is 0 Å². The molecule has 1 amide bonds. The molecule has 0 aliphatic rings. The van der Waals surface area contributed by atoms with Crippen LogP contribution in [0.25, 0.3) is 11.0 Å². The third-order valence-corrected chi connectivity index (χ3v) is 2.22. The fraction of sp³-hybridized carbons (Fsp3) is 0.308. The first kappa shape index (κ1) is 13.2. The van der Waals surface area contributed by atoms with E-state index in [1.54, 1.807) is 20.8 Å². The number of anilines is 1. The molecule has 0 atom stereocenters. The van der Waals surface area contributed by atoms with Crippen LogP contribution in [0.1, 0.15) is 20.8 Å². The molecule has 5 nitrogen and oxygen atoms in total. The average molecular weight is 263 g/mol. The van der Waals surface area contributed by atoms with Gasteiger partial charge in [0.25, 0.3) is 0 Å². The summed E-state index contributed by atoms with van der Waals surface area (Å²) in [5.74, 6) is -0.584. The van der Waals surface area contributed by atoms with E-state index < -0.39 is 17.5 Å². The Labute approximate surface area is 109 Å². The molecule has 1 aromatic heterocycles. The van der Waals surface area contributed by atoms with Gasteiger partial charge in [0, 0.05) is 12.4 Å². The van der Waals surface area contributed by atoms with Gasteiger partial charge in [0.15, 0.2) is 0 Å². The number of hydrogen-bond donors (Lipinski definition) is 1. The van der Waals surface area contributed by atoms with Crippen LogP contribution in [0.3, 0.4) is 0 Å². The average Bonchev–Trinajstić information content (AvgIpc) is 2.31. The van der Waals surface area contributed by atoms with Crippen molar-refractivity contribution in [3.63, 3.8) is 0 Å². The van der Waals surface area contributed by atoms with Crippen molar-refractivity contribution in [2.45, 2.75) is 26.4 Å². The third-order valence-electron chi connectivity index (χ3n) is 2.22. The van der Waals surface area contributed by atoms with Crippen LogP contribution in [0.15, 0.2) is 24.5 Å². The number of halogens is 1. The van der Waals surface area contributed by atoms with E-state index in [0.717, 1.165) is 0 Å². The van der Waals surface area contributed by atoms with Gasteiger partial charge in [-0.3, -0.25) is 15.3 Å². The highest BCUT2D eigenvalue weighted by Crippen LogP contribution is 2.23. The maximum Gasteiger partial charge on any atom is 0.412 e. The van der Waals surface area contributed by atoms with E-state index in [2.05, 4.69) is 15.3 Å². The van der Waals surface area contributed by atoms with Crippen LogP contribution in [0.5, 0.6) is 0 Å². The van der Waals surface area contributed by atoms with E-state index >= 15 is 0 Å². The number of fused-ring (bicyclic) bond motifs is 1. The normalized spacial score (nSPS) is 11.4. The minimum Gasteiger partial charge on any atom is -0.444 e. The summed E-state index contributed by atoms with van der Waals surface area (Å²) in [6, 6.07) is 2.72. The quantitative estimate of drug-likeness (QED) is 0.858. The van der Waals surface area contributed by atoms with Crippen molar-refractivity contribution in [2.75, 3.05) is 5.32 Å². The first-order valence-corrected chi connectivity index (χ1v) is 5.76. The Kier molecular flexibility index (Phi) is 3.33. The van der Waals surface area contributed by atoms with Crippen molar-refractivity contribution in [2.24, 2.45) is 0 Å². The molecule has 0 aliphatic heterocycles. The molecule has 0 unspecified atom stereocenters. The highest BCUT2D eigenvalue weighted by Gasteiger charge is 2.19. The first-order valence-electron chi connectivity index (χ1n) is 5.76. The summed E-state index contributed by atoms with van der Waals surface area (Å²) in [6.07, 6.45) is 2.20. The van der Waals surface area contributed by atoms with Crippen LogP contribution in [0.4, 0.5) is 14.9 Å². The fourth-order valence-electron chi connectivity index (χ4n) is 1.54. The Bertz CT molecular complexity index is 623. The minimum atomic E-state index is -0.732. The zero-order chi connectivity index (χ0) is 14.0. The summed E-state index contributed by atoms with van der Waals surface area (Å²) in [4.78, 5) is 19.7. The Hall–Kier alpha value is -2.24. The highest BCUT2D eigenvalue weighted by atomic mass is 19.1. The van der Waals surface area contributed by atoms with Gasteiger partial charge in [0.2, 0.25) is 0 Å². The van der Waals surface area contributed by atoms with Crippen LogP contribution in [-0.4, -0.2) is 21.7 Å². The Morgan fingerprint density at radius 1 is 1.26 bits per heavy atom. The van der Waals surface area contributed by atoms with Gasteiger partial charge in [-0.05, 0) is 32.9 Å². The number of rotatable bonds is 1. The van der Waals surface area contributed by atoms with E-state index in [0.29, 0.717) is 5.52 Å². The molecule has 0 bridgehead atoms. The van der Waals surface area contributed by atoms with Gasteiger partial charge in [-0.2, -0.15) is 0 Å². The van der Waals surface area contributed by atoms with E-state index in [9.17, 15) is 9.18 Å². The van der Waals surface area contributed by atoms with E-state index in [1.165, 1.54) is 24.5 Å². The van der Waals surface area contributed by atoms with E-state index in [1.807, 2.05) is 0 Å². The SMILES string of the molecule is CC(C)(C)OC(=O)Nc1c(F)ccc2nccnc12. The van der Waals surface area contributed by atoms with Crippen molar-refractivity contribution in [1.82, 2.24) is 9.97 Å². The number of benzene rings is 1. The zero-order valence-corrected chi connectivity index (χ0v) is 10.9. The number of carbonyl (C=O) groups is 1. The fourth-order valence-corrected chi connectivity index (χ4v) is 1.54. The number of nitrogens with zero attached hydrogens (tertiary/aromatic N) is 2. The van der Waals surface area contributed by atoms with Crippen LogP contribution >= 0.6 is 0 Å². The van der Waals surface area contributed by atoms with Crippen molar-refractivity contribution in [3.05, 3.63) is 30.3 Å². The van der Waals surface area contributed by atoms with Gasteiger partial charge < -0.3 is 4.74 Å². The van der Waals surface area contributed by atoms with E-state index in [4.69, 9.17) is 4.74 Å². The molecule has 2 aromatic rings. The zero-order valence-electron chi connectivity index (χ0n) is 10.9.